The van der Waals surface area contributed by atoms with Gasteiger partial charge in [0, 0.05) is 11.4 Å². The van der Waals surface area contributed by atoms with Crippen LogP contribution in [0.3, 0.4) is 0 Å². The molecule has 0 unspecified atom stereocenters. The van der Waals surface area contributed by atoms with Gasteiger partial charge < -0.3 is 10.4 Å². The fraction of sp³-hybridized carbons (Fsp3) is 0.643. The Balaban J connectivity index is 2.04. The number of rotatable bonds is 4. The van der Waals surface area contributed by atoms with E-state index in [0.29, 0.717) is 18.5 Å². The van der Waals surface area contributed by atoms with Crippen molar-refractivity contribution in [3.8, 4) is 0 Å². The highest BCUT2D eigenvalue weighted by Gasteiger charge is 2.40. The number of thiazole rings is 1. The Morgan fingerprint density at radius 3 is 2.45 bits per heavy atom. The van der Waals surface area contributed by atoms with Crippen molar-refractivity contribution < 1.29 is 14.7 Å². The number of nitrogens with zero attached hydrogens (tertiary/aromatic N) is 1. The summed E-state index contributed by atoms with van der Waals surface area (Å²) in [5.41, 5.74) is -0.378. The minimum absolute atomic E-state index is 0.192. The average molecular weight is 296 g/mol. The fourth-order valence-corrected chi connectivity index (χ4v) is 3.58. The smallest absolute Gasteiger partial charge is 0.311 e. The molecule has 1 saturated carbocycles. The molecular weight excluding hydrogens is 276 g/mol. The Labute approximate surface area is 122 Å². The van der Waals surface area contributed by atoms with Gasteiger partial charge in [-0.1, -0.05) is 19.3 Å². The molecule has 0 aromatic carbocycles. The van der Waals surface area contributed by atoms with Crippen LogP contribution in [0.15, 0.2) is 0 Å². The molecule has 0 radical (unpaired) electrons. The molecule has 0 saturated heterocycles. The van der Waals surface area contributed by atoms with Crippen LogP contribution in [0.2, 0.25) is 0 Å². The normalized spacial score (nSPS) is 17.7. The first kappa shape index (κ1) is 15.0. The number of carboxylic acids is 1. The molecule has 2 N–H and O–H groups in total. The predicted octanol–water partition coefficient (Wildman–Crippen LogP) is 2.52. The zero-order chi connectivity index (χ0) is 14.8. The second-order valence-electron chi connectivity index (χ2n) is 5.47. The highest BCUT2D eigenvalue weighted by Crippen LogP contribution is 2.36. The molecule has 6 heteroatoms. The number of hydrogen-bond acceptors (Lipinski definition) is 4. The van der Waals surface area contributed by atoms with Gasteiger partial charge in [0.2, 0.25) is 0 Å². The third kappa shape index (κ3) is 3.00. The molecule has 110 valence electrons. The van der Waals surface area contributed by atoms with Crippen LogP contribution < -0.4 is 5.32 Å². The maximum Gasteiger partial charge on any atom is 0.311 e. The summed E-state index contributed by atoms with van der Waals surface area (Å²) in [4.78, 5) is 28.7. The van der Waals surface area contributed by atoms with E-state index in [1.165, 1.54) is 11.3 Å². The van der Waals surface area contributed by atoms with Crippen LogP contribution in [0.4, 0.5) is 0 Å². The highest BCUT2D eigenvalue weighted by atomic mass is 32.1. The number of nitrogens with one attached hydrogen (secondary N) is 1. The average Bonchev–Trinajstić information content (AvgIpc) is 2.76. The Kier molecular flexibility index (Phi) is 4.42. The standard InChI is InChI=1S/C14H20N2O3S/c1-9-11(16-10(2)20-9)12(17)15-8-14(13(18)19)6-4-3-5-7-14/h3-8H2,1-2H3,(H,15,17)(H,18,19). The van der Waals surface area contributed by atoms with Gasteiger partial charge in [0.25, 0.3) is 5.91 Å². The number of aliphatic carboxylic acids is 1. The van der Waals surface area contributed by atoms with Gasteiger partial charge in [0.15, 0.2) is 0 Å². The van der Waals surface area contributed by atoms with E-state index >= 15 is 0 Å². The van der Waals surface area contributed by atoms with Crippen LogP contribution in [0.1, 0.15) is 52.5 Å². The van der Waals surface area contributed by atoms with Crippen molar-refractivity contribution in [2.75, 3.05) is 6.54 Å². The molecule has 20 heavy (non-hydrogen) atoms. The largest absolute Gasteiger partial charge is 0.481 e. The van der Waals surface area contributed by atoms with Gasteiger partial charge >= 0.3 is 5.97 Å². The molecule has 1 amide bonds. The zero-order valence-corrected chi connectivity index (χ0v) is 12.7. The number of carboxylic acid groups (broad SMARTS) is 1. The third-order valence-electron chi connectivity index (χ3n) is 3.97. The summed E-state index contributed by atoms with van der Waals surface area (Å²) in [6.45, 7) is 3.90. The minimum atomic E-state index is -0.802. The summed E-state index contributed by atoms with van der Waals surface area (Å²) in [7, 11) is 0. The van der Waals surface area contributed by atoms with Crippen LogP contribution >= 0.6 is 11.3 Å². The minimum Gasteiger partial charge on any atom is -0.481 e. The first-order chi connectivity index (χ1) is 9.44. The molecule has 1 fully saturated rings. The molecule has 1 aromatic heterocycles. The van der Waals surface area contributed by atoms with Crippen molar-refractivity contribution in [1.29, 1.82) is 0 Å². The van der Waals surface area contributed by atoms with E-state index < -0.39 is 11.4 Å². The number of aryl methyl sites for hydroxylation is 2. The van der Waals surface area contributed by atoms with E-state index in [1.54, 1.807) is 0 Å². The lowest BCUT2D eigenvalue weighted by atomic mass is 9.74. The van der Waals surface area contributed by atoms with E-state index in [0.717, 1.165) is 29.1 Å². The van der Waals surface area contributed by atoms with Crippen molar-refractivity contribution in [2.45, 2.75) is 46.0 Å². The summed E-state index contributed by atoms with van der Waals surface area (Å²) in [5, 5.41) is 13.1. The predicted molar refractivity (Wildman–Crippen MR) is 77.1 cm³/mol. The van der Waals surface area contributed by atoms with E-state index in [4.69, 9.17) is 0 Å². The Morgan fingerprint density at radius 2 is 1.95 bits per heavy atom. The maximum absolute atomic E-state index is 12.1. The van der Waals surface area contributed by atoms with Gasteiger partial charge in [-0.25, -0.2) is 4.98 Å². The van der Waals surface area contributed by atoms with Crippen LogP contribution in [0.5, 0.6) is 0 Å². The molecule has 5 nitrogen and oxygen atoms in total. The van der Waals surface area contributed by atoms with Crippen molar-refractivity contribution in [3.63, 3.8) is 0 Å². The van der Waals surface area contributed by atoms with Crippen LogP contribution in [0.25, 0.3) is 0 Å². The van der Waals surface area contributed by atoms with Crippen molar-refractivity contribution in [1.82, 2.24) is 10.3 Å². The molecule has 2 rings (SSSR count). The zero-order valence-electron chi connectivity index (χ0n) is 11.9. The molecule has 0 atom stereocenters. The summed E-state index contributed by atoms with van der Waals surface area (Å²) >= 11 is 1.48. The second-order valence-corrected chi connectivity index (χ2v) is 6.87. The van der Waals surface area contributed by atoms with Crippen molar-refractivity contribution >= 4 is 23.2 Å². The lowest BCUT2D eigenvalue weighted by molar-refractivity contribution is -0.150. The summed E-state index contributed by atoms with van der Waals surface area (Å²) in [6.07, 6.45) is 4.18. The van der Waals surface area contributed by atoms with Crippen LogP contribution in [0, 0.1) is 19.3 Å². The van der Waals surface area contributed by atoms with E-state index in [2.05, 4.69) is 10.3 Å². The highest BCUT2D eigenvalue weighted by molar-refractivity contribution is 7.11. The first-order valence-corrected chi connectivity index (χ1v) is 7.72. The quantitative estimate of drug-likeness (QED) is 0.895. The molecule has 0 aliphatic heterocycles. The summed E-state index contributed by atoms with van der Waals surface area (Å²) < 4.78 is 0. The molecular formula is C14H20N2O3S. The van der Waals surface area contributed by atoms with Gasteiger partial charge in [-0.15, -0.1) is 11.3 Å². The third-order valence-corrected chi connectivity index (χ3v) is 4.86. The number of aromatic nitrogens is 1. The SMILES string of the molecule is Cc1nc(C(=O)NCC2(C(=O)O)CCCCC2)c(C)s1. The monoisotopic (exact) mass is 296 g/mol. The van der Waals surface area contributed by atoms with Gasteiger partial charge in [-0.3, -0.25) is 9.59 Å². The van der Waals surface area contributed by atoms with Gasteiger partial charge in [-0.2, -0.15) is 0 Å². The van der Waals surface area contributed by atoms with Gasteiger partial charge in [-0.05, 0) is 26.7 Å². The molecule has 0 spiro atoms. The Hall–Kier alpha value is -1.43. The Morgan fingerprint density at radius 1 is 1.30 bits per heavy atom. The van der Waals surface area contributed by atoms with Crippen LogP contribution in [-0.2, 0) is 4.79 Å². The summed E-state index contributed by atoms with van der Waals surface area (Å²) in [5.74, 6) is -1.07. The van der Waals surface area contributed by atoms with Crippen molar-refractivity contribution in [3.05, 3.63) is 15.6 Å². The number of carbonyl (C=O) groups excluding carboxylic acids is 1. The summed E-state index contributed by atoms with van der Waals surface area (Å²) in [6, 6.07) is 0. The van der Waals surface area contributed by atoms with Crippen LogP contribution in [-0.4, -0.2) is 28.5 Å². The number of hydrogen-bond donors (Lipinski definition) is 2. The lowest BCUT2D eigenvalue weighted by Crippen LogP contribution is -2.44. The molecule has 1 aromatic rings. The molecule has 1 aliphatic rings. The molecule has 1 aliphatic carbocycles. The lowest BCUT2D eigenvalue weighted by Gasteiger charge is -2.33. The topological polar surface area (TPSA) is 79.3 Å². The van der Waals surface area contributed by atoms with Gasteiger partial charge in [0.1, 0.15) is 5.69 Å². The van der Waals surface area contributed by atoms with Gasteiger partial charge in [0.05, 0.1) is 10.4 Å². The van der Waals surface area contributed by atoms with E-state index in [1.807, 2.05) is 13.8 Å². The van der Waals surface area contributed by atoms with E-state index in [-0.39, 0.29) is 12.5 Å². The van der Waals surface area contributed by atoms with Crippen molar-refractivity contribution in [2.24, 2.45) is 5.41 Å². The van der Waals surface area contributed by atoms with E-state index in [9.17, 15) is 14.7 Å². The first-order valence-electron chi connectivity index (χ1n) is 6.90. The fourth-order valence-electron chi connectivity index (χ4n) is 2.77. The Bertz CT molecular complexity index is 518. The molecule has 1 heterocycles. The number of amides is 1. The maximum atomic E-state index is 12.1. The molecule has 0 bridgehead atoms. The number of carbonyl (C=O) groups is 2. The second kappa shape index (κ2) is 5.91.